The van der Waals surface area contributed by atoms with Gasteiger partial charge < -0.3 is 15.0 Å². The van der Waals surface area contributed by atoms with E-state index in [4.69, 9.17) is 4.74 Å². The van der Waals surface area contributed by atoms with Crippen molar-refractivity contribution in [2.75, 3.05) is 26.3 Å². The van der Waals surface area contributed by atoms with Gasteiger partial charge in [0.1, 0.15) is 11.9 Å². The fourth-order valence-corrected chi connectivity index (χ4v) is 3.64. The van der Waals surface area contributed by atoms with Gasteiger partial charge in [-0.05, 0) is 29.2 Å². The van der Waals surface area contributed by atoms with E-state index in [0.29, 0.717) is 26.3 Å². The number of carbonyl (C=O) groups excluding carboxylic acids is 2. The lowest BCUT2D eigenvalue weighted by atomic mass is 9.87. The van der Waals surface area contributed by atoms with Gasteiger partial charge in [-0.3, -0.25) is 9.59 Å². The molecule has 2 aromatic rings. The minimum Gasteiger partial charge on any atom is -0.378 e. The summed E-state index contributed by atoms with van der Waals surface area (Å²) in [5.74, 6) is -1.24. The van der Waals surface area contributed by atoms with Gasteiger partial charge in [0.15, 0.2) is 0 Å². The summed E-state index contributed by atoms with van der Waals surface area (Å²) in [5.41, 5.74) is 1.46. The molecule has 1 unspecified atom stereocenters. The molecule has 1 fully saturated rings. The average Bonchev–Trinajstić information content (AvgIpc) is 2.74. The highest BCUT2D eigenvalue weighted by molar-refractivity contribution is 5.91. The second kappa shape index (κ2) is 9.65. The Morgan fingerprint density at radius 3 is 2.17 bits per heavy atom. The van der Waals surface area contributed by atoms with Crippen molar-refractivity contribution in [2.45, 2.75) is 25.8 Å². The van der Waals surface area contributed by atoms with Gasteiger partial charge in [0.2, 0.25) is 11.8 Å². The van der Waals surface area contributed by atoms with Crippen LogP contribution in [-0.2, 0) is 14.3 Å². The molecule has 2 aromatic carbocycles. The molecule has 2 atom stereocenters. The van der Waals surface area contributed by atoms with Gasteiger partial charge in [0.25, 0.3) is 0 Å². The maximum Gasteiger partial charge on any atom is 0.249 e. The molecule has 5 nitrogen and oxygen atoms in total. The summed E-state index contributed by atoms with van der Waals surface area (Å²) in [4.78, 5) is 28.2. The molecule has 1 saturated heterocycles. The van der Waals surface area contributed by atoms with Gasteiger partial charge in [0, 0.05) is 13.1 Å². The maximum atomic E-state index is 13.3. The maximum absolute atomic E-state index is 13.3. The summed E-state index contributed by atoms with van der Waals surface area (Å²) in [6.45, 7) is 5.87. The minimum atomic E-state index is -0.775. The molecule has 6 heteroatoms. The highest BCUT2D eigenvalue weighted by Gasteiger charge is 2.32. The zero-order chi connectivity index (χ0) is 20.8. The highest BCUT2D eigenvalue weighted by atomic mass is 19.1. The number of amides is 2. The van der Waals surface area contributed by atoms with Crippen molar-refractivity contribution in [1.82, 2.24) is 10.2 Å². The van der Waals surface area contributed by atoms with Gasteiger partial charge in [-0.2, -0.15) is 0 Å². The monoisotopic (exact) mass is 398 g/mol. The molecule has 0 radical (unpaired) electrons. The quantitative estimate of drug-likeness (QED) is 0.812. The van der Waals surface area contributed by atoms with E-state index in [1.807, 2.05) is 44.2 Å². The van der Waals surface area contributed by atoms with E-state index in [-0.39, 0.29) is 23.5 Å². The summed E-state index contributed by atoms with van der Waals surface area (Å²) in [5, 5.41) is 2.96. The molecule has 0 saturated carbocycles. The van der Waals surface area contributed by atoms with Crippen LogP contribution in [-0.4, -0.2) is 43.0 Å². The van der Waals surface area contributed by atoms with E-state index in [0.717, 1.165) is 11.1 Å². The molecule has 2 amide bonds. The van der Waals surface area contributed by atoms with E-state index >= 15 is 0 Å². The van der Waals surface area contributed by atoms with Gasteiger partial charge in [-0.25, -0.2) is 4.39 Å². The van der Waals surface area contributed by atoms with Crippen molar-refractivity contribution in [2.24, 2.45) is 5.92 Å². The number of hydrogen-bond donors (Lipinski definition) is 1. The Kier molecular flexibility index (Phi) is 6.99. The van der Waals surface area contributed by atoms with E-state index in [2.05, 4.69) is 5.32 Å². The molecule has 0 aromatic heterocycles. The van der Waals surface area contributed by atoms with E-state index in [9.17, 15) is 14.0 Å². The Labute approximate surface area is 170 Å². The number of halogens is 1. The third-order valence-corrected chi connectivity index (χ3v) is 5.17. The molecular formula is C23H27FN2O3. The predicted octanol–water partition coefficient (Wildman–Crippen LogP) is 3.28. The van der Waals surface area contributed by atoms with Crippen LogP contribution in [0.25, 0.3) is 0 Å². The fraction of sp³-hybridized carbons (Fsp3) is 0.391. The zero-order valence-electron chi connectivity index (χ0n) is 16.8. The number of nitrogens with zero attached hydrogens (tertiary/aromatic N) is 1. The Bertz CT molecular complexity index is 818. The minimum absolute atomic E-state index is 0.0182. The summed E-state index contributed by atoms with van der Waals surface area (Å²) < 4.78 is 18.7. The summed E-state index contributed by atoms with van der Waals surface area (Å²) >= 11 is 0. The lowest BCUT2D eigenvalue weighted by molar-refractivity contribution is -0.140. The molecule has 0 aliphatic carbocycles. The topological polar surface area (TPSA) is 58.6 Å². The third-order valence-electron chi connectivity index (χ3n) is 5.17. The molecule has 3 rings (SSSR count). The standard InChI is InChI=1S/C23H27FN2O3/c1-16(2)20(17-8-10-19(24)11-9-17)22(27)25-21(18-6-4-3-5-7-18)23(28)26-12-14-29-15-13-26/h3-11,16,20-21H,12-15H2,1-2H3,(H,25,27)/t20?,21-/m1/s1. The van der Waals surface area contributed by atoms with Gasteiger partial charge >= 0.3 is 0 Å². The van der Waals surface area contributed by atoms with Crippen LogP contribution in [0.4, 0.5) is 4.39 Å². The largest absolute Gasteiger partial charge is 0.378 e. The van der Waals surface area contributed by atoms with Crippen molar-refractivity contribution < 1.29 is 18.7 Å². The fourth-order valence-electron chi connectivity index (χ4n) is 3.64. The van der Waals surface area contributed by atoms with Crippen molar-refractivity contribution >= 4 is 11.8 Å². The van der Waals surface area contributed by atoms with Crippen LogP contribution in [0.5, 0.6) is 0 Å². The SMILES string of the molecule is CC(C)C(C(=O)N[C@@H](C(=O)N1CCOCC1)c1ccccc1)c1ccc(F)cc1. The highest BCUT2D eigenvalue weighted by Crippen LogP contribution is 2.27. The molecule has 154 valence electrons. The number of carbonyl (C=O) groups is 2. The van der Waals surface area contributed by atoms with Crippen molar-refractivity contribution in [3.8, 4) is 0 Å². The van der Waals surface area contributed by atoms with Crippen LogP contribution < -0.4 is 5.32 Å². The third kappa shape index (κ3) is 5.21. The number of rotatable bonds is 6. The van der Waals surface area contributed by atoms with Crippen LogP contribution in [0.2, 0.25) is 0 Å². The summed E-state index contributed by atoms with van der Waals surface area (Å²) in [6, 6.07) is 14.4. The van der Waals surface area contributed by atoms with Crippen molar-refractivity contribution in [3.05, 3.63) is 71.5 Å². The molecular weight excluding hydrogens is 371 g/mol. The number of ether oxygens (including phenoxy) is 1. The second-order valence-corrected chi connectivity index (χ2v) is 7.56. The molecule has 29 heavy (non-hydrogen) atoms. The predicted molar refractivity (Wildman–Crippen MR) is 109 cm³/mol. The Morgan fingerprint density at radius 2 is 1.59 bits per heavy atom. The molecule has 1 aliphatic rings. The number of hydrogen-bond acceptors (Lipinski definition) is 3. The first-order valence-electron chi connectivity index (χ1n) is 9.94. The average molecular weight is 398 g/mol. The number of benzene rings is 2. The zero-order valence-corrected chi connectivity index (χ0v) is 16.8. The normalized spacial score (nSPS) is 16.3. The smallest absolute Gasteiger partial charge is 0.249 e. The van der Waals surface area contributed by atoms with Gasteiger partial charge in [-0.15, -0.1) is 0 Å². The number of morpholine rings is 1. The van der Waals surface area contributed by atoms with Crippen LogP contribution in [0.3, 0.4) is 0 Å². The second-order valence-electron chi connectivity index (χ2n) is 7.56. The first kappa shape index (κ1) is 21.0. The Balaban J connectivity index is 1.86. The lowest BCUT2D eigenvalue weighted by Gasteiger charge is -2.32. The summed E-state index contributed by atoms with van der Waals surface area (Å²) in [6.07, 6.45) is 0. The van der Waals surface area contributed by atoms with E-state index in [1.54, 1.807) is 17.0 Å². The van der Waals surface area contributed by atoms with Crippen LogP contribution in [0.15, 0.2) is 54.6 Å². The van der Waals surface area contributed by atoms with Crippen LogP contribution in [0, 0.1) is 11.7 Å². The molecule has 0 spiro atoms. The Morgan fingerprint density at radius 1 is 0.966 bits per heavy atom. The summed E-state index contributed by atoms with van der Waals surface area (Å²) in [7, 11) is 0. The van der Waals surface area contributed by atoms with Crippen LogP contribution >= 0.6 is 0 Å². The van der Waals surface area contributed by atoms with Gasteiger partial charge in [-0.1, -0.05) is 56.3 Å². The lowest BCUT2D eigenvalue weighted by Crippen LogP contribution is -2.48. The van der Waals surface area contributed by atoms with Crippen molar-refractivity contribution in [1.29, 1.82) is 0 Å². The number of nitrogens with one attached hydrogen (secondary N) is 1. The molecule has 1 heterocycles. The first-order valence-corrected chi connectivity index (χ1v) is 9.94. The van der Waals surface area contributed by atoms with Crippen LogP contribution in [0.1, 0.15) is 36.9 Å². The van der Waals surface area contributed by atoms with Gasteiger partial charge in [0.05, 0.1) is 19.1 Å². The molecule has 1 N–H and O–H groups in total. The molecule has 1 aliphatic heterocycles. The van der Waals surface area contributed by atoms with Crippen molar-refractivity contribution in [3.63, 3.8) is 0 Å². The first-order chi connectivity index (χ1) is 14.0. The Hall–Kier alpha value is -2.73. The van der Waals surface area contributed by atoms with E-state index < -0.39 is 12.0 Å². The van der Waals surface area contributed by atoms with E-state index in [1.165, 1.54) is 12.1 Å². The molecule has 0 bridgehead atoms.